The highest BCUT2D eigenvalue weighted by Crippen LogP contribution is 2.09. The minimum Gasteiger partial charge on any atom is -0.395 e. The van der Waals surface area contributed by atoms with Crippen LogP contribution in [-0.4, -0.2) is 65.1 Å². The molecule has 1 aromatic heterocycles. The molecule has 1 fully saturated rings. The Bertz CT molecular complexity index is 432. The second-order valence-electron chi connectivity index (χ2n) is 4.41. The second kappa shape index (κ2) is 6.46. The summed E-state index contributed by atoms with van der Waals surface area (Å²) in [6.07, 6.45) is 0. The van der Waals surface area contributed by atoms with Gasteiger partial charge in [-0.25, -0.2) is 10.8 Å². The lowest BCUT2D eigenvalue weighted by Gasteiger charge is -2.34. The molecule has 0 radical (unpaired) electrons. The summed E-state index contributed by atoms with van der Waals surface area (Å²) in [5.41, 5.74) is 2.83. The predicted octanol–water partition coefficient (Wildman–Crippen LogP) is -0.883. The molecule has 0 aliphatic carbocycles. The largest absolute Gasteiger partial charge is 0.395 e. The Kier molecular flexibility index (Phi) is 4.67. The van der Waals surface area contributed by atoms with Gasteiger partial charge in [0.15, 0.2) is 0 Å². The van der Waals surface area contributed by atoms with Crippen LogP contribution in [0.1, 0.15) is 10.5 Å². The highest BCUT2D eigenvalue weighted by Gasteiger charge is 2.22. The van der Waals surface area contributed by atoms with E-state index in [0.717, 1.165) is 13.1 Å². The summed E-state index contributed by atoms with van der Waals surface area (Å²) in [5.74, 6) is 5.68. The molecule has 1 saturated heterocycles. The number of pyridine rings is 1. The highest BCUT2D eigenvalue weighted by atomic mass is 16.3. The molecule has 0 bridgehead atoms. The molecule has 0 atom stereocenters. The number of nitrogens with one attached hydrogen (secondary N) is 1. The van der Waals surface area contributed by atoms with Gasteiger partial charge in [-0.2, -0.15) is 0 Å². The number of hydrogen-bond acceptors (Lipinski definition) is 6. The van der Waals surface area contributed by atoms with Crippen LogP contribution in [0.5, 0.6) is 0 Å². The average molecular weight is 265 g/mol. The maximum absolute atomic E-state index is 12.3. The summed E-state index contributed by atoms with van der Waals surface area (Å²) >= 11 is 0. The van der Waals surface area contributed by atoms with Gasteiger partial charge in [0, 0.05) is 32.7 Å². The quantitative estimate of drug-likeness (QED) is 0.483. The molecule has 0 unspecified atom stereocenters. The molecule has 7 heteroatoms. The molecule has 1 aliphatic rings. The van der Waals surface area contributed by atoms with Crippen molar-refractivity contribution in [2.75, 3.05) is 44.8 Å². The van der Waals surface area contributed by atoms with Gasteiger partial charge < -0.3 is 15.4 Å². The Morgan fingerprint density at radius 1 is 1.37 bits per heavy atom. The van der Waals surface area contributed by atoms with Crippen molar-refractivity contribution in [2.24, 2.45) is 5.84 Å². The Labute approximate surface area is 112 Å². The fourth-order valence-electron chi connectivity index (χ4n) is 2.11. The minimum atomic E-state index is -0.0826. The van der Waals surface area contributed by atoms with Crippen molar-refractivity contribution in [1.82, 2.24) is 14.8 Å². The first-order chi connectivity index (χ1) is 9.24. The van der Waals surface area contributed by atoms with Gasteiger partial charge in [0.25, 0.3) is 5.91 Å². The third-order valence-electron chi connectivity index (χ3n) is 3.19. The number of aromatic nitrogens is 1. The Morgan fingerprint density at radius 2 is 2.11 bits per heavy atom. The second-order valence-corrected chi connectivity index (χ2v) is 4.41. The molecule has 1 amide bonds. The van der Waals surface area contributed by atoms with Crippen molar-refractivity contribution in [3.63, 3.8) is 0 Å². The van der Waals surface area contributed by atoms with E-state index in [-0.39, 0.29) is 12.5 Å². The maximum atomic E-state index is 12.3. The number of carbonyl (C=O) groups excluding carboxylic acids is 1. The summed E-state index contributed by atoms with van der Waals surface area (Å²) in [5, 5.41) is 8.88. The summed E-state index contributed by atoms with van der Waals surface area (Å²) in [6, 6.07) is 5.14. The summed E-state index contributed by atoms with van der Waals surface area (Å²) in [6.45, 7) is 3.68. The van der Waals surface area contributed by atoms with E-state index in [1.165, 1.54) is 0 Å². The van der Waals surface area contributed by atoms with Crippen LogP contribution in [0.15, 0.2) is 18.2 Å². The lowest BCUT2D eigenvalue weighted by molar-refractivity contribution is 0.0609. The molecular weight excluding hydrogens is 246 g/mol. The highest BCUT2D eigenvalue weighted by molar-refractivity contribution is 5.92. The number of amides is 1. The number of anilines is 1. The first-order valence-corrected chi connectivity index (χ1v) is 6.31. The van der Waals surface area contributed by atoms with Crippen LogP contribution in [0, 0.1) is 0 Å². The SMILES string of the molecule is NNc1cccc(C(=O)N2CCN(CCO)CC2)n1. The number of nitrogens with zero attached hydrogens (tertiary/aromatic N) is 3. The van der Waals surface area contributed by atoms with Gasteiger partial charge in [-0.15, -0.1) is 0 Å². The van der Waals surface area contributed by atoms with E-state index in [4.69, 9.17) is 10.9 Å². The van der Waals surface area contributed by atoms with Gasteiger partial charge in [-0.1, -0.05) is 6.07 Å². The molecule has 4 N–H and O–H groups in total. The van der Waals surface area contributed by atoms with E-state index in [9.17, 15) is 4.79 Å². The van der Waals surface area contributed by atoms with E-state index < -0.39 is 0 Å². The van der Waals surface area contributed by atoms with E-state index in [1.54, 1.807) is 23.1 Å². The maximum Gasteiger partial charge on any atom is 0.272 e. The van der Waals surface area contributed by atoms with Gasteiger partial charge in [0.05, 0.1) is 6.61 Å². The normalized spacial score (nSPS) is 16.4. The van der Waals surface area contributed by atoms with Crippen LogP contribution in [0.2, 0.25) is 0 Å². The van der Waals surface area contributed by atoms with Crippen LogP contribution in [0.25, 0.3) is 0 Å². The van der Waals surface area contributed by atoms with Crippen LogP contribution >= 0.6 is 0 Å². The smallest absolute Gasteiger partial charge is 0.272 e. The van der Waals surface area contributed by atoms with E-state index in [2.05, 4.69) is 15.3 Å². The number of rotatable bonds is 4. The molecule has 2 heterocycles. The molecule has 7 nitrogen and oxygen atoms in total. The average Bonchev–Trinajstić information content (AvgIpc) is 2.48. The van der Waals surface area contributed by atoms with Crippen molar-refractivity contribution >= 4 is 11.7 Å². The van der Waals surface area contributed by atoms with Crippen molar-refractivity contribution in [3.8, 4) is 0 Å². The molecule has 19 heavy (non-hydrogen) atoms. The number of hydrogen-bond donors (Lipinski definition) is 3. The van der Waals surface area contributed by atoms with E-state index in [1.807, 2.05) is 0 Å². The minimum absolute atomic E-state index is 0.0826. The number of aliphatic hydroxyl groups excluding tert-OH is 1. The number of nitrogen functional groups attached to an aromatic ring is 1. The van der Waals surface area contributed by atoms with E-state index in [0.29, 0.717) is 31.1 Å². The van der Waals surface area contributed by atoms with Gasteiger partial charge in [-0.05, 0) is 12.1 Å². The standard InChI is InChI=1S/C12H19N5O2/c13-15-11-3-1-2-10(14-11)12(19)17-6-4-16(5-7-17)8-9-18/h1-3,18H,4-9,13H2,(H,14,15). The molecule has 1 aromatic rings. The number of hydrazine groups is 1. The molecule has 0 spiro atoms. The molecule has 2 rings (SSSR count). The Hall–Kier alpha value is -1.70. The molecule has 104 valence electrons. The zero-order valence-corrected chi connectivity index (χ0v) is 10.7. The summed E-state index contributed by atoms with van der Waals surface area (Å²) < 4.78 is 0. The zero-order chi connectivity index (χ0) is 13.7. The van der Waals surface area contributed by atoms with Crippen LogP contribution in [-0.2, 0) is 0 Å². The Balaban J connectivity index is 1.97. The van der Waals surface area contributed by atoms with Crippen molar-refractivity contribution in [1.29, 1.82) is 0 Å². The topological polar surface area (TPSA) is 94.7 Å². The molecule has 0 saturated carbocycles. The lowest BCUT2D eigenvalue weighted by atomic mass is 10.2. The number of aliphatic hydroxyl groups is 1. The fourth-order valence-corrected chi connectivity index (χ4v) is 2.11. The number of nitrogens with two attached hydrogens (primary N) is 1. The third kappa shape index (κ3) is 3.40. The monoisotopic (exact) mass is 265 g/mol. The van der Waals surface area contributed by atoms with Gasteiger partial charge in [0.2, 0.25) is 0 Å². The number of carbonyl (C=O) groups is 1. The van der Waals surface area contributed by atoms with Crippen molar-refractivity contribution in [3.05, 3.63) is 23.9 Å². The predicted molar refractivity (Wildman–Crippen MR) is 71.5 cm³/mol. The summed E-state index contributed by atoms with van der Waals surface area (Å²) in [7, 11) is 0. The first kappa shape index (κ1) is 13.7. The molecule has 0 aromatic carbocycles. The first-order valence-electron chi connectivity index (χ1n) is 6.31. The van der Waals surface area contributed by atoms with Crippen LogP contribution in [0.4, 0.5) is 5.82 Å². The van der Waals surface area contributed by atoms with E-state index >= 15 is 0 Å². The van der Waals surface area contributed by atoms with Gasteiger partial charge >= 0.3 is 0 Å². The van der Waals surface area contributed by atoms with Crippen LogP contribution < -0.4 is 11.3 Å². The number of β-amino-alcohol motifs (C(OH)–C–C–N with tert-alkyl or cyclic N) is 1. The summed E-state index contributed by atoms with van der Waals surface area (Å²) in [4.78, 5) is 20.3. The third-order valence-corrected chi connectivity index (χ3v) is 3.19. The van der Waals surface area contributed by atoms with Gasteiger partial charge in [-0.3, -0.25) is 9.69 Å². The zero-order valence-electron chi connectivity index (χ0n) is 10.7. The van der Waals surface area contributed by atoms with Gasteiger partial charge in [0.1, 0.15) is 11.5 Å². The Morgan fingerprint density at radius 3 is 2.74 bits per heavy atom. The molecule has 1 aliphatic heterocycles. The van der Waals surface area contributed by atoms with Crippen molar-refractivity contribution < 1.29 is 9.90 Å². The van der Waals surface area contributed by atoms with Crippen molar-refractivity contribution in [2.45, 2.75) is 0 Å². The number of piperazine rings is 1. The molecular formula is C12H19N5O2. The van der Waals surface area contributed by atoms with Crippen LogP contribution in [0.3, 0.4) is 0 Å². The fraction of sp³-hybridized carbons (Fsp3) is 0.500. The lowest BCUT2D eigenvalue weighted by Crippen LogP contribution is -2.49.